The van der Waals surface area contributed by atoms with Crippen LogP contribution in [0.1, 0.15) is 52.9 Å². The number of carbonyl (C=O) groups is 1. The van der Waals surface area contributed by atoms with Crippen molar-refractivity contribution in [2.24, 2.45) is 7.05 Å². The van der Waals surface area contributed by atoms with Crippen LogP contribution in [0.15, 0.2) is 76.4 Å². The molecule has 0 bridgehead atoms. The second-order valence-corrected chi connectivity index (χ2v) is 12.8. The van der Waals surface area contributed by atoms with Crippen LogP contribution in [0.2, 0.25) is 10.0 Å². The number of nitrogens with one attached hydrogen (secondary N) is 2. The number of amides is 1. The molecule has 3 aromatic carbocycles. The van der Waals surface area contributed by atoms with Crippen molar-refractivity contribution in [1.29, 1.82) is 0 Å². The first-order valence-electron chi connectivity index (χ1n) is 13.2. The summed E-state index contributed by atoms with van der Waals surface area (Å²) in [5.74, 6) is -0.134. The Balaban J connectivity index is 1.44. The first-order valence-corrected chi connectivity index (χ1v) is 15.5. The van der Waals surface area contributed by atoms with Gasteiger partial charge in [-0.1, -0.05) is 72.6 Å². The molecular formula is C30H30Cl2N4O4S. The number of hydrogen-bond donors (Lipinski definition) is 2. The van der Waals surface area contributed by atoms with Crippen molar-refractivity contribution in [1.82, 2.24) is 14.7 Å². The SMILES string of the molecule is Cc1c(NS(=O)(=O)c2cc(C(=O)NC3CCC(C)c4ccccc4C3)c(Cl)cc2Cl)c(=O)n(-c2ccccc2)n1C. The highest BCUT2D eigenvalue weighted by molar-refractivity contribution is 7.92. The Labute approximate surface area is 248 Å². The molecule has 0 radical (unpaired) electrons. The number of fused-ring (bicyclic) bond motifs is 1. The molecule has 2 unspecified atom stereocenters. The van der Waals surface area contributed by atoms with E-state index in [2.05, 4.69) is 29.1 Å². The Bertz CT molecular complexity index is 1800. The molecule has 41 heavy (non-hydrogen) atoms. The lowest BCUT2D eigenvalue weighted by Crippen LogP contribution is -2.36. The Kier molecular flexibility index (Phi) is 8.05. The fraction of sp³-hybridized carbons (Fsp3) is 0.267. The molecule has 0 fully saturated rings. The molecule has 0 aliphatic heterocycles. The molecule has 5 rings (SSSR count). The van der Waals surface area contributed by atoms with Gasteiger partial charge in [0, 0.05) is 13.1 Å². The lowest BCUT2D eigenvalue weighted by atomic mass is 9.95. The number of rotatable bonds is 6. The zero-order valence-electron chi connectivity index (χ0n) is 22.8. The smallest absolute Gasteiger partial charge is 0.296 e. The lowest BCUT2D eigenvalue weighted by molar-refractivity contribution is 0.0934. The molecule has 4 aromatic rings. The number of hydrogen-bond acceptors (Lipinski definition) is 4. The molecule has 1 aromatic heterocycles. The highest BCUT2D eigenvalue weighted by Gasteiger charge is 2.28. The van der Waals surface area contributed by atoms with Crippen molar-refractivity contribution in [2.45, 2.75) is 50.0 Å². The molecule has 2 atom stereocenters. The van der Waals surface area contributed by atoms with Crippen LogP contribution in [0.25, 0.3) is 5.69 Å². The molecule has 1 amide bonds. The van der Waals surface area contributed by atoms with Crippen LogP contribution in [0.3, 0.4) is 0 Å². The highest BCUT2D eigenvalue weighted by atomic mass is 35.5. The normalized spacial score (nSPS) is 17.0. The maximum atomic E-state index is 13.6. The van der Waals surface area contributed by atoms with Crippen molar-refractivity contribution in [3.8, 4) is 5.69 Å². The molecule has 8 nitrogen and oxygen atoms in total. The van der Waals surface area contributed by atoms with Crippen molar-refractivity contribution >= 4 is 44.8 Å². The fourth-order valence-electron chi connectivity index (χ4n) is 5.35. The van der Waals surface area contributed by atoms with Crippen molar-refractivity contribution in [2.75, 3.05) is 4.72 Å². The maximum Gasteiger partial charge on any atom is 0.296 e. The van der Waals surface area contributed by atoms with E-state index >= 15 is 0 Å². The zero-order valence-corrected chi connectivity index (χ0v) is 25.1. The summed E-state index contributed by atoms with van der Waals surface area (Å²) in [4.78, 5) is 26.3. The summed E-state index contributed by atoms with van der Waals surface area (Å²) >= 11 is 12.7. The third-order valence-corrected chi connectivity index (χ3v) is 9.81. The third kappa shape index (κ3) is 5.66. The molecule has 214 valence electrons. The quantitative estimate of drug-likeness (QED) is 0.267. The van der Waals surface area contributed by atoms with Crippen LogP contribution in [-0.4, -0.2) is 29.7 Å². The van der Waals surface area contributed by atoms with Gasteiger partial charge >= 0.3 is 0 Å². The number of aromatic nitrogens is 2. The van der Waals surface area contributed by atoms with E-state index in [4.69, 9.17) is 23.2 Å². The number of sulfonamides is 1. The van der Waals surface area contributed by atoms with E-state index in [1.807, 2.05) is 18.2 Å². The Morgan fingerprint density at radius 2 is 1.66 bits per heavy atom. The maximum absolute atomic E-state index is 13.6. The van der Waals surface area contributed by atoms with E-state index in [0.29, 0.717) is 23.7 Å². The van der Waals surface area contributed by atoms with Crippen LogP contribution >= 0.6 is 23.2 Å². The standard InChI is InChI=1S/C30H30Cl2N4O4S/c1-18-13-14-21(15-20-9-7-8-12-23(18)20)33-29(37)24-16-27(26(32)17-25(24)31)41(39,40)34-28-19(2)35(3)36(30(28)38)22-10-5-4-6-11-22/h4-12,16-18,21,34H,13-15H2,1-3H3,(H,33,37). The highest BCUT2D eigenvalue weighted by Crippen LogP contribution is 2.32. The molecule has 0 saturated carbocycles. The number of anilines is 1. The molecular weight excluding hydrogens is 583 g/mol. The lowest BCUT2D eigenvalue weighted by Gasteiger charge is -2.18. The van der Waals surface area contributed by atoms with Crippen molar-refractivity contribution in [3.63, 3.8) is 0 Å². The summed E-state index contributed by atoms with van der Waals surface area (Å²) in [5, 5.41) is 2.89. The van der Waals surface area contributed by atoms with Crippen LogP contribution in [0, 0.1) is 6.92 Å². The van der Waals surface area contributed by atoms with E-state index in [-0.39, 0.29) is 32.2 Å². The molecule has 0 saturated heterocycles. The minimum absolute atomic E-state index is 0.0199. The number of nitrogens with zero attached hydrogens (tertiary/aromatic N) is 2. The van der Waals surface area contributed by atoms with Crippen LogP contribution in [0.5, 0.6) is 0 Å². The van der Waals surface area contributed by atoms with Crippen LogP contribution in [0.4, 0.5) is 5.69 Å². The number of benzene rings is 3. The molecule has 0 spiro atoms. The Morgan fingerprint density at radius 1 is 0.976 bits per heavy atom. The van der Waals surface area contributed by atoms with Crippen LogP contribution < -0.4 is 15.6 Å². The first kappa shape index (κ1) is 29.0. The number of halogens is 2. The van der Waals surface area contributed by atoms with Gasteiger partial charge in [-0.3, -0.25) is 19.0 Å². The van der Waals surface area contributed by atoms with Crippen molar-refractivity contribution < 1.29 is 13.2 Å². The fourth-order valence-corrected chi connectivity index (χ4v) is 7.32. The second kappa shape index (κ2) is 11.4. The van der Waals surface area contributed by atoms with E-state index in [9.17, 15) is 18.0 Å². The summed E-state index contributed by atoms with van der Waals surface area (Å²) in [6.45, 7) is 3.80. The number of carbonyl (C=O) groups excluding carboxylic acids is 1. The monoisotopic (exact) mass is 612 g/mol. The molecule has 11 heteroatoms. The van der Waals surface area contributed by atoms with E-state index in [0.717, 1.165) is 18.9 Å². The van der Waals surface area contributed by atoms with Gasteiger partial charge in [-0.15, -0.1) is 0 Å². The zero-order chi connectivity index (χ0) is 29.5. The van der Waals surface area contributed by atoms with E-state index < -0.39 is 21.5 Å². The van der Waals surface area contributed by atoms with Gasteiger partial charge in [-0.2, -0.15) is 0 Å². The average molecular weight is 614 g/mol. The third-order valence-electron chi connectivity index (χ3n) is 7.68. The molecule has 1 aliphatic rings. The summed E-state index contributed by atoms with van der Waals surface area (Å²) in [6, 6.07) is 19.3. The predicted molar refractivity (Wildman–Crippen MR) is 162 cm³/mol. The van der Waals surface area contributed by atoms with Gasteiger partial charge in [0.25, 0.3) is 21.5 Å². The minimum Gasteiger partial charge on any atom is -0.349 e. The number of para-hydroxylation sites is 1. The Morgan fingerprint density at radius 3 is 2.39 bits per heavy atom. The summed E-state index contributed by atoms with van der Waals surface area (Å²) in [5.41, 5.74) is 2.73. The first-order chi connectivity index (χ1) is 19.5. The van der Waals surface area contributed by atoms with Gasteiger partial charge in [0.15, 0.2) is 0 Å². The predicted octanol–water partition coefficient (Wildman–Crippen LogP) is 5.83. The summed E-state index contributed by atoms with van der Waals surface area (Å²) < 4.78 is 32.4. The molecule has 1 heterocycles. The Hall–Kier alpha value is -3.53. The van der Waals surface area contributed by atoms with Gasteiger partial charge in [-0.05, 0) is 67.5 Å². The second-order valence-electron chi connectivity index (χ2n) is 10.4. The van der Waals surface area contributed by atoms with Crippen molar-refractivity contribution in [3.05, 3.63) is 110 Å². The topological polar surface area (TPSA) is 102 Å². The van der Waals surface area contributed by atoms with Gasteiger partial charge in [0.05, 0.1) is 27.0 Å². The van der Waals surface area contributed by atoms with E-state index in [1.165, 1.54) is 21.9 Å². The van der Waals surface area contributed by atoms with E-state index in [1.54, 1.807) is 42.9 Å². The van der Waals surface area contributed by atoms with Gasteiger partial charge in [-0.25, -0.2) is 13.1 Å². The molecule has 1 aliphatic carbocycles. The minimum atomic E-state index is -4.38. The van der Waals surface area contributed by atoms with Gasteiger partial charge in [0.2, 0.25) is 0 Å². The molecule has 2 N–H and O–H groups in total. The van der Waals surface area contributed by atoms with Gasteiger partial charge in [0.1, 0.15) is 10.6 Å². The average Bonchev–Trinajstić information content (AvgIpc) is 3.04. The van der Waals surface area contributed by atoms with Crippen LogP contribution in [-0.2, 0) is 23.5 Å². The largest absolute Gasteiger partial charge is 0.349 e. The summed E-state index contributed by atoms with van der Waals surface area (Å²) in [7, 11) is -2.72. The summed E-state index contributed by atoms with van der Waals surface area (Å²) in [6.07, 6.45) is 2.32. The van der Waals surface area contributed by atoms with Gasteiger partial charge < -0.3 is 5.32 Å².